The summed E-state index contributed by atoms with van der Waals surface area (Å²) in [4.78, 5) is 29.0. The summed E-state index contributed by atoms with van der Waals surface area (Å²) >= 11 is 0. The van der Waals surface area contributed by atoms with Gasteiger partial charge in [0, 0.05) is 13.5 Å². The molecule has 0 radical (unpaired) electrons. The molecule has 2 unspecified atom stereocenters. The van der Waals surface area contributed by atoms with Crippen molar-refractivity contribution in [2.45, 2.75) is 26.3 Å². The van der Waals surface area contributed by atoms with Crippen LogP contribution in [0.2, 0.25) is 0 Å². The highest BCUT2D eigenvalue weighted by atomic mass is 16.5. The van der Waals surface area contributed by atoms with Gasteiger partial charge in [-0.05, 0) is 6.42 Å². The Morgan fingerprint density at radius 1 is 1.45 bits per heavy atom. The average Bonchev–Trinajstić information content (AvgIpc) is 3.03. The molecule has 110 valence electrons. The first-order valence-electron chi connectivity index (χ1n) is 6.46. The molecule has 8 nitrogen and oxygen atoms in total. The maximum atomic E-state index is 12.4. The molecule has 1 amide bonds. The lowest BCUT2D eigenvalue weighted by atomic mass is 10.0. The monoisotopic (exact) mass is 283 g/mol. The highest BCUT2D eigenvalue weighted by Crippen LogP contribution is 2.22. The molecule has 1 aromatic heterocycles. The standard InChI is InChI=1S/C12H17N3O5/c1-3-4-15(9-6-19-5-8(9)12(17)18)11(16)10-13-7(2)20-14-10/h8-9H,3-6H2,1-2H3,(H,17,18). The van der Waals surface area contributed by atoms with Gasteiger partial charge in [0.15, 0.2) is 0 Å². The molecule has 1 aliphatic rings. The molecule has 1 fully saturated rings. The zero-order chi connectivity index (χ0) is 14.7. The zero-order valence-corrected chi connectivity index (χ0v) is 11.4. The molecule has 0 saturated carbocycles. The van der Waals surface area contributed by atoms with Crippen molar-refractivity contribution in [3.8, 4) is 0 Å². The minimum absolute atomic E-state index is 0.0491. The van der Waals surface area contributed by atoms with E-state index in [-0.39, 0.29) is 19.0 Å². The third kappa shape index (κ3) is 2.79. The lowest BCUT2D eigenvalue weighted by Crippen LogP contribution is -2.47. The van der Waals surface area contributed by atoms with E-state index in [4.69, 9.17) is 9.26 Å². The van der Waals surface area contributed by atoms with Crippen molar-refractivity contribution in [2.75, 3.05) is 19.8 Å². The van der Waals surface area contributed by atoms with Crippen LogP contribution in [0.5, 0.6) is 0 Å². The third-order valence-corrected chi connectivity index (χ3v) is 3.21. The number of nitrogens with zero attached hydrogens (tertiary/aromatic N) is 3. The van der Waals surface area contributed by atoms with Gasteiger partial charge in [0.25, 0.3) is 11.7 Å². The summed E-state index contributed by atoms with van der Waals surface area (Å²) in [5.74, 6) is -1.87. The largest absolute Gasteiger partial charge is 0.481 e. The fourth-order valence-electron chi connectivity index (χ4n) is 2.26. The molecule has 2 atom stereocenters. The van der Waals surface area contributed by atoms with E-state index in [1.54, 1.807) is 6.92 Å². The van der Waals surface area contributed by atoms with E-state index in [2.05, 4.69) is 10.1 Å². The van der Waals surface area contributed by atoms with Crippen molar-refractivity contribution in [2.24, 2.45) is 5.92 Å². The number of carbonyl (C=O) groups is 2. The molecule has 20 heavy (non-hydrogen) atoms. The van der Waals surface area contributed by atoms with Crippen LogP contribution in [0.3, 0.4) is 0 Å². The van der Waals surface area contributed by atoms with Gasteiger partial charge >= 0.3 is 5.97 Å². The van der Waals surface area contributed by atoms with Crippen LogP contribution >= 0.6 is 0 Å². The molecule has 1 N–H and O–H groups in total. The van der Waals surface area contributed by atoms with Crippen molar-refractivity contribution in [3.05, 3.63) is 11.7 Å². The summed E-state index contributed by atoms with van der Waals surface area (Å²) in [5, 5.41) is 12.8. The fraction of sp³-hybridized carbons (Fsp3) is 0.667. The Morgan fingerprint density at radius 3 is 2.75 bits per heavy atom. The third-order valence-electron chi connectivity index (χ3n) is 3.21. The first-order valence-corrected chi connectivity index (χ1v) is 6.46. The molecule has 0 aromatic carbocycles. The number of carboxylic acids is 1. The number of rotatable bonds is 5. The summed E-state index contributed by atoms with van der Waals surface area (Å²) < 4.78 is 10.0. The normalized spacial score (nSPS) is 21.9. The number of hydrogen-bond donors (Lipinski definition) is 1. The Bertz CT molecular complexity index is 501. The number of ether oxygens (including phenoxy) is 1. The summed E-state index contributed by atoms with van der Waals surface area (Å²) in [6, 6.07) is -0.501. The number of amides is 1. The number of carbonyl (C=O) groups excluding carboxylic acids is 1. The molecule has 1 aliphatic heterocycles. The second kappa shape index (κ2) is 6.00. The van der Waals surface area contributed by atoms with Gasteiger partial charge in [-0.15, -0.1) is 0 Å². The van der Waals surface area contributed by atoms with Gasteiger partial charge in [-0.25, -0.2) is 0 Å². The van der Waals surface area contributed by atoms with Gasteiger partial charge < -0.3 is 19.3 Å². The Hall–Kier alpha value is -1.96. The number of aromatic nitrogens is 2. The molecule has 2 rings (SSSR count). The number of carboxylic acid groups (broad SMARTS) is 1. The van der Waals surface area contributed by atoms with Crippen LogP contribution in [0.1, 0.15) is 29.9 Å². The van der Waals surface area contributed by atoms with Crippen LogP contribution in [0.25, 0.3) is 0 Å². The Balaban J connectivity index is 2.22. The van der Waals surface area contributed by atoms with E-state index >= 15 is 0 Å². The predicted octanol–water partition coefficient (Wildman–Crippen LogP) is 0.330. The van der Waals surface area contributed by atoms with Gasteiger partial charge in [-0.3, -0.25) is 9.59 Å². The molecule has 2 heterocycles. The minimum atomic E-state index is -0.967. The lowest BCUT2D eigenvalue weighted by Gasteiger charge is -2.29. The zero-order valence-electron chi connectivity index (χ0n) is 11.4. The maximum absolute atomic E-state index is 12.4. The quantitative estimate of drug-likeness (QED) is 0.829. The smallest absolute Gasteiger partial charge is 0.311 e. The Morgan fingerprint density at radius 2 is 2.20 bits per heavy atom. The van der Waals surface area contributed by atoms with Gasteiger partial charge in [-0.2, -0.15) is 4.98 Å². The van der Waals surface area contributed by atoms with Crippen molar-refractivity contribution in [1.29, 1.82) is 0 Å². The van der Waals surface area contributed by atoms with E-state index in [0.29, 0.717) is 18.9 Å². The molecule has 0 spiro atoms. The van der Waals surface area contributed by atoms with Crippen LogP contribution in [0.15, 0.2) is 4.52 Å². The fourth-order valence-corrected chi connectivity index (χ4v) is 2.26. The first-order chi connectivity index (χ1) is 9.54. The van der Waals surface area contributed by atoms with Crippen molar-refractivity contribution in [3.63, 3.8) is 0 Å². The number of aryl methyl sites for hydroxylation is 1. The molecule has 1 aromatic rings. The molecular weight excluding hydrogens is 266 g/mol. The van der Waals surface area contributed by atoms with Crippen LogP contribution in [0.4, 0.5) is 0 Å². The number of hydrogen-bond acceptors (Lipinski definition) is 6. The predicted molar refractivity (Wildman–Crippen MR) is 66.1 cm³/mol. The van der Waals surface area contributed by atoms with Crippen LogP contribution < -0.4 is 0 Å². The second-order valence-electron chi connectivity index (χ2n) is 4.69. The van der Waals surface area contributed by atoms with E-state index in [0.717, 1.165) is 0 Å². The summed E-state index contributed by atoms with van der Waals surface area (Å²) in [6.45, 7) is 4.24. The van der Waals surface area contributed by atoms with Crippen molar-refractivity contribution < 1.29 is 24.0 Å². The van der Waals surface area contributed by atoms with E-state index in [1.165, 1.54) is 4.90 Å². The lowest BCUT2D eigenvalue weighted by molar-refractivity contribution is -0.142. The highest BCUT2D eigenvalue weighted by molar-refractivity contribution is 5.91. The van der Waals surface area contributed by atoms with E-state index in [9.17, 15) is 14.7 Å². The van der Waals surface area contributed by atoms with Crippen molar-refractivity contribution in [1.82, 2.24) is 15.0 Å². The van der Waals surface area contributed by atoms with Crippen molar-refractivity contribution >= 4 is 11.9 Å². The van der Waals surface area contributed by atoms with Gasteiger partial charge in [0.1, 0.15) is 5.92 Å². The van der Waals surface area contributed by atoms with Gasteiger partial charge in [0.05, 0.1) is 19.3 Å². The molecule has 0 aliphatic carbocycles. The maximum Gasteiger partial charge on any atom is 0.311 e. The van der Waals surface area contributed by atoms with Crippen LogP contribution in [0, 0.1) is 12.8 Å². The molecular formula is C12H17N3O5. The Labute approximate surface area is 115 Å². The first kappa shape index (κ1) is 14.4. The van der Waals surface area contributed by atoms with E-state index < -0.39 is 23.8 Å². The molecule has 1 saturated heterocycles. The summed E-state index contributed by atoms with van der Waals surface area (Å²) in [6.07, 6.45) is 0.700. The Kier molecular flexibility index (Phi) is 4.33. The second-order valence-corrected chi connectivity index (χ2v) is 4.69. The van der Waals surface area contributed by atoms with E-state index in [1.807, 2.05) is 6.92 Å². The van der Waals surface area contributed by atoms with Crippen LogP contribution in [-0.4, -0.2) is 57.8 Å². The number of aliphatic carboxylic acids is 1. The minimum Gasteiger partial charge on any atom is -0.481 e. The molecule has 8 heteroatoms. The summed E-state index contributed by atoms with van der Waals surface area (Å²) in [7, 11) is 0. The SMILES string of the molecule is CCCN(C(=O)c1noc(C)n1)C1COCC1C(=O)O. The van der Waals surface area contributed by atoms with Crippen LogP contribution in [-0.2, 0) is 9.53 Å². The average molecular weight is 283 g/mol. The highest BCUT2D eigenvalue weighted by Gasteiger charge is 2.40. The van der Waals surface area contributed by atoms with Gasteiger partial charge in [-0.1, -0.05) is 12.1 Å². The molecule has 0 bridgehead atoms. The van der Waals surface area contributed by atoms with Gasteiger partial charge in [0.2, 0.25) is 5.89 Å². The summed E-state index contributed by atoms with van der Waals surface area (Å²) in [5.41, 5.74) is 0. The topological polar surface area (TPSA) is 106 Å².